The first-order chi connectivity index (χ1) is 11.9. The van der Waals surface area contributed by atoms with Gasteiger partial charge >= 0.3 is 103 Å². The van der Waals surface area contributed by atoms with E-state index >= 15 is 0 Å². The first-order valence-electron chi connectivity index (χ1n) is 7.69. The van der Waals surface area contributed by atoms with Crippen LogP contribution in [0.25, 0.3) is 20.8 Å². The van der Waals surface area contributed by atoms with E-state index in [0.717, 1.165) is 31.4 Å². The molecule has 116 valence electrons. The van der Waals surface area contributed by atoms with Gasteiger partial charge in [-0.15, -0.1) is 5.52 Å². The molecule has 1 unspecified atom stereocenters. The fourth-order valence-electron chi connectivity index (χ4n) is 2.78. The van der Waals surface area contributed by atoms with Crippen LogP contribution in [0.15, 0.2) is 65.6 Å². The van der Waals surface area contributed by atoms with Crippen molar-refractivity contribution in [1.82, 2.24) is 4.98 Å². The van der Waals surface area contributed by atoms with Crippen LogP contribution < -0.4 is 108 Å². The molecule has 2 heterocycles. The van der Waals surface area contributed by atoms with Crippen LogP contribution in [0.3, 0.4) is 0 Å². The summed E-state index contributed by atoms with van der Waals surface area (Å²) >= 11 is 3.44. The molecule has 0 bridgehead atoms. The summed E-state index contributed by atoms with van der Waals surface area (Å²) in [7, 11) is 0. The van der Waals surface area contributed by atoms with Crippen molar-refractivity contribution in [2.45, 2.75) is 10.3 Å². The first-order valence-corrected chi connectivity index (χ1v) is 9.39. The molecule has 1 atom stereocenters. The number of nitrogens with one attached hydrogen (secondary N) is 1. The van der Waals surface area contributed by atoms with Gasteiger partial charge in [-0.1, -0.05) is 60.7 Å². The molecular weight excluding hydrogens is 411 g/mol. The van der Waals surface area contributed by atoms with Crippen LogP contribution in [0.1, 0.15) is 10.9 Å². The third-order valence-corrected chi connectivity index (χ3v) is 6.15. The van der Waals surface area contributed by atoms with Crippen LogP contribution in [-0.4, -0.2) is 4.98 Å². The second-order valence-corrected chi connectivity index (χ2v) is 7.68. The van der Waals surface area contributed by atoms with Gasteiger partial charge in [0.2, 0.25) is 0 Å². The molecule has 0 saturated carbocycles. The smallest absolute Gasteiger partial charge is 0.445 e. The number of benzene rings is 3. The standard InChI is InChI=1S/C20H12N2S2.2K/c1-3-7-13(8-4-1)19-21-15-11-18-16(12-17(15)23-19)22-20(24-18)14-9-5-2-6-10-14;;/h1-10,19,21H;;/q-2;2*+1. The van der Waals surface area contributed by atoms with Gasteiger partial charge in [-0.2, -0.15) is 27.0 Å². The zero-order valence-electron chi connectivity index (χ0n) is 14.6. The summed E-state index contributed by atoms with van der Waals surface area (Å²) in [6.45, 7) is 0. The molecule has 0 aliphatic carbocycles. The predicted molar refractivity (Wildman–Crippen MR) is 101 cm³/mol. The van der Waals surface area contributed by atoms with Gasteiger partial charge in [0.25, 0.3) is 0 Å². The van der Waals surface area contributed by atoms with Gasteiger partial charge in [-0.25, -0.2) is 11.3 Å². The predicted octanol–water partition coefficient (Wildman–Crippen LogP) is -0.212. The second-order valence-electron chi connectivity index (χ2n) is 5.57. The molecule has 5 rings (SSSR count). The zero-order valence-corrected chi connectivity index (χ0v) is 22.5. The molecule has 4 aromatic rings. The van der Waals surface area contributed by atoms with E-state index in [-0.39, 0.29) is 108 Å². The van der Waals surface area contributed by atoms with Crippen molar-refractivity contribution in [1.29, 1.82) is 0 Å². The number of fused-ring (bicyclic) bond motifs is 2. The van der Waals surface area contributed by atoms with E-state index in [1.165, 1.54) is 5.56 Å². The van der Waals surface area contributed by atoms with E-state index in [0.29, 0.717) is 0 Å². The van der Waals surface area contributed by atoms with E-state index < -0.39 is 0 Å². The van der Waals surface area contributed by atoms with Crippen molar-refractivity contribution in [2.75, 3.05) is 5.32 Å². The fourth-order valence-corrected chi connectivity index (χ4v) is 4.80. The van der Waals surface area contributed by atoms with Gasteiger partial charge in [-0.05, 0) is 5.56 Å². The van der Waals surface area contributed by atoms with Crippen molar-refractivity contribution < 1.29 is 103 Å². The topological polar surface area (TPSA) is 24.9 Å². The average Bonchev–Trinajstić information content (AvgIpc) is 3.24. The first kappa shape index (κ1) is 21.7. The van der Waals surface area contributed by atoms with Crippen molar-refractivity contribution in [3.63, 3.8) is 0 Å². The van der Waals surface area contributed by atoms with Gasteiger partial charge in [0.15, 0.2) is 0 Å². The number of hydrogen-bond acceptors (Lipinski definition) is 4. The molecule has 0 spiro atoms. The minimum atomic E-state index is 0. The fraction of sp³-hybridized carbons (Fsp3) is 0.0500. The van der Waals surface area contributed by atoms with E-state index in [2.05, 4.69) is 53.8 Å². The molecule has 0 fully saturated rings. The normalized spacial score (nSPS) is 14.8. The minimum Gasteiger partial charge on any atom is -0.445 e. The van der Waals surface area contributed by atoms with Crippen molar-refractivity contribution in [2.24, 2.45) is 0 Å². The quantitative estimate of drug-likeness (QED) is 0.357. The summed E-state index contributed by atoms with van der Waals surface area (Å²) in [6, 6.07) is 27.7. The Hall–Kier alpha value is 0.973. The van der Waals surface area contributed by atoms with Gasteiger partial charge < -0.3 is 10.3 Å². The molecule has 1 aromatic heterocycles. The SMILES string of the molecule is [K+].[K+].[c-]1c2c([c-]c3sc(-c4ccccc4)nc13)NC(c1ccccc1)S2. The Morgan fingerprint density at radius 2 is 1.58 bits per heavy atom. The zero-order chi connectivity index (χ0) is 15.9. The van der Waals surface area contributed by atoms with Crippen LogP contribution in [0.2, 0.25) is 0 Å². The van der Waals surface area contributed by atoms with Crippen molar-refractivity contribution in [3.05, 3.63) is 78.4 Å². The summed E-state index contributed by atoms with van der Waals surface area (Å²) < 4.78 is 1.05. The molecular formula is C20H12K2N2S2. The Morgan fingerprint density at radius 3 is 2.31 bits per heavy atom. The van der Waals surface area contributed by atoms with Gasteiger partial charge in [-0.3, -0.25) is 12.1 Å². The Balaban J connectivity index is 0.000000980. The number of hydrogen-bond donors (Lipinski definition) is 1. The van der Waals surface area contributed by atoms with Crippen molar-refractivity contribution in [3.8, 4) is 10.6 Å². The molecule has 2 nitrogen and oxygen atoms in total. The Morgan fingerprint density at radius 1 is 0.885 bits per heavy atom. The molecule has 0 saturated heterocycles. The number of anilines is 1. The average molecular weight is 423 g/mol. The van der Waals surface area contributed by atoms with Crippen molar-refractivity contribution >= 4 is 39.0 Å². The number of aromatic nitrogens is 1. The van der Waals surface area contributed by atoms with Gasteiger partial charge in [0.1, 0.15) is 0 Å². The summed E-state index contributed by atoms with van der Waals surface area (Å²) in [4.78, 5) is 5.85. The molecule has 1 aliphatic rings. The largest absolute Gasteiger partial charge is 1.00 e. The molecule has 0 radical (unpaired) electrons. The monoisotopic (exact) mass is 422 g/mol. The number of thioether (sulfide) groups is 1. The van der Waals surface area contributed by atoms with Crippen LogP contribution in [0.5, 0.6) is 0 Å². The third-order valence-electron chi connectivity index (χ3n) is 3.96. The summed E-state index contributed by atoms with van der Waals surface area (Å²) in [5.74, 6) is 0. The maximum atomic E-state index is 4.75. The van der Waals surface area contributed by atoms with E-state index in [1.54, 1.807) is 23.1 Å². The second kappa shape index (κ2) is 9.65. The van der Waals surface area contributed by atoms with Crippen LogP contribution in [0.4, 0.5) is 5.69 Å². The van der Waals surface area contributed by atoms with Gasteiger partial charge in [0.05, 0.1) is 10.4 Å². The van der Waals surface area contributed by atoms with E-state index in [9.17, 15) is 0 Å². The van der Waals surface area contributed by atoms with E-state index in [1.807, 2.05) is 24.3 Å². The summed E-state index contributed by atoms with van der Waals surface area (Å²) in [5.41, 5.74) is 4.34. The molecule has 6 heteroatoms. The molecule has 1 aliphatic heterocycles. The maximum Gasteiger partial charge on any atom is 1.00 e. The molecule has 0 amide bonds. The molecule has 1 N–H and O–H groups in total. The van der Waals surface area contributed by atoms with E-state index in [4.69, 9.17) is 4.98 Å². The summed E-state index contributed by atoms with van der Waals surface area (Å²) in [5, 5.41) is 4.79. The number of rotatable bonds is 2. The number of nitrogens with zero attached hydrogens (tertiary/aromatic N) is 1. The summed E-state index contributed by atoms with van der Waals surface area (Å²) in [6.07, 6.45) is 0. The Labute approximate surface area is 246 Å². The maximum absolute atomic E-state index is 4.75. The van der Waals surface area contributed by atoms with Crippen LogP contribution in [0, 0.1) is 12.1 Å². The Bertz CT molecular complexity index is 977. The van der Waals surface area contributed by atoms with Gasteiger partial charge in [0, 0.05) is 5.56 Å². The number of thiazole rings is 1. The molecule has 26 heavy (non-hydrogen) atoms. The Kier molecular flexibility index (Phi) is 8.04. The minimum absolute atomic E-state index is 0. The third kappa shape index (κ3) is 4.42. The molecule has 3 aromatic carbocycles. The van der Waals surface area contributed by atoms with Crippen LogP contribution in [-0.2, 0) is 0 Å². The van der Waals surface area contributed by atoms with Crippen LogP contribution >= 0.6 is 23.1 Å².